The standard InChI is InChI=1S/C19H21NO2/c1-14-8-9-16(15(2)12-14)10-11-19(21)20-13-17-6-4-5-7-18(17)22-3/h4-12H,13H2,1-3H3,(H,20,21). The van der Waals surface area contributed by atoms with Crippen LogP contribution in [0, 0.1) is 13.8 Å². The molecule has 0 aliphatic carbocycles. The van der Waals surface area contributed by atoms with Crippen molar-refractivity contribution in [3.8, 4) is 5.75 Å². The first-order valence-corrected chi connectivity index (χ1v) is 7.25. The van der Waals surface area contributed by atoms with Gasteiger partial charge >= 0.3 is 0 Å². The minimum atomic E-state index is -0.120. The number of carbonyl (C=O) groups excluding carboxylic acids is 1. The van der Waals surface area contributed by atoms with Crippen LogP contribution in [-0.2, 0) is 11.3 Å². The fourth-order valence-electron chi connectivity index (χ4n) is 2.27. The molecule has 22 heavy (non-hydrogen) atoms. The van der Waals surface area contributed by atoms with Crippen LogP contribution in [0.15, 0.2) is 48.5 Å². The normalized spacial score (nSPS) is 10.7. The second-order valence-electron chi connectivity index (χ2n) is 5.22. The Labute approximate surface area is 131 Å². The Hall–Kier alpha value is -2.55. The van der Waals surface area contributed by atoms with Gasteiger partial charge in [-0.2, -0.15) is 0 Å². The minimum absolute atomic E-state index is 0.120. The summed E-state index contributed by atoms with van der Waals surface area (Å²) in [6, 6.07) is 13.8. The Morgan fingerprint density at radius 2 is 1.95 bits per heavy atom. The highest BCUT2D eigenvalue weighted by Crippen LogP contribution is 2.16. The van der Waals surface area contributed by atoms with Crippen molar-refractivity contribution in [3.05, 3.63) is 70.8 Å². The predicted molar refractivity (Wildman–Crippen MR) is 89.8 cm³/mol. The number of nitrogens with one attached hydrogen (secondary N) is 1. The van der Waals surface area contributed by atoms with E-state index in [9.17, 15) is 4.79 Å². The van der Waals surface area contributed by atoms with Gasteiger partial charge in [-0.1, -0.05) is 42.0 Å². The van der Waals surface area contributed by atoms with Gasteiger partial charge in [0, 0.05) is 18.2 Å². The van der Waals surface area contributed by atoms with Crippen molar-refractivity contribution >= 4 is 12.0 Å². The van der Waals surface area contributed by atoms with E-state index in [1.54, 1.807) is 13.2 Å². The first-order chi connectivity index (χ1) is 10.6. The van der Waals surface area contributed by atoms with Gasteiger partial charge < -0.3 is 10.1 Å². The highest BCUT2D eigenvalue weighted by Gasteiger charge is 2.03. The number of ether oxygens (including phenoxy) is 1. The molecule has 0 fully saturated rings. The lowest BCUT2D eigenvalue weighted by Crippen LogP contribution is -2.20. The average Bonchev–Trinajstić information content (AvgIpc) is 2.52. The van der Waals surface area contributed by atoms with Gasteiger partial charge in [0.15, 0.2) is 0 Å². The second-order valence-corrected chi connectivity index (χ2v) is 5.22. The Balaban J connectivity index is 1.97. The Morgan fingerprint density at radius 3 is 2.68 bits per heavy atom. The fraction of sp³-hybridized carbons (Fsp3) is 0.211. The molecule has 0 saturated heterocycles. The molecule has 0 radical (unpaired) electrons. The van der Waals surface area contributed by atoms with Gasteiger partial charge in [-0.3, -0.25) is 4.79 Å². The average molecular weight is 295 g/mol. The molecular formula is C19H21NO2. The highest BCUT2D eigenvalue weighted by molar-refractivity contribution is 5.91. The third-order valence-electron chi connectivity index (χ3n) is 3.49. The third kappa shape index (κ3) is 4.22. The first kappa shape index (κ1) is 15.8. The molecule has 2 rings (SSSR count). The molecule has 2 aromatic carbocycles. The van der Waals surface area contributed by atoms with Crippen LogP contribution >= 0.6 is 0 Å². The quantitative estimate of drug-likeness (QED) is 0.855. The summed E-state index contributed by atoms with van der Waals surface area (Å²) in [4.78, 5) is 11.9. The summed E-state index contributed by atoms with van der Waals surface area (Å²) >= 11 is 0. The number of benzene rings is 2. The lowest BCUT2D eigenvalue weighted by Gasteiger charge is -2.08. The maximum atomic E-state index is 11.9. The SMILES string of the molecule is COc1ccccc1CNC(=O)C=Cc1ccc(C)cc1C. The van der Waals surface area contributed by atoms with E-state index in [1.165, 1.54) is 5.56 Å². The number of rotatable bonds is 5. The molecule has 0 aromatic heterocycles. The Bertz CT molecular complexity index is 690. The van der Waals surface area contributed by atoms with E-state index >= 15 is 0 Å². The zero-order valence-electron chi connectivity index (χ0n) is 13.2. The van der Waals surface area contributed by atoms with Gasteiger partial charge in [0.25, 0.3) is 0 Å². The highest BCUT2D eigenvalue weighted by atomic mass is 16.5. The van der Waals surface area contributed by atoms with Crippen LogP contribution in [0.4, 0.5) is 0 Å². The van der Waals surface area contributed by atoms with Crippen LogP contribution in [-0.4, -0.2) is 13.0 Å². The van der Waals surface area contributed by atoms with Crippen molar-refractivity contribution in [1.29, 1.82) is 0 Å². The number of hydrogen-bond acceptors (Lipinski definition) is 2. The van der Waals surface area contributed by atoms with E-state index < -0.39 is 0 Å². The van der Waals surface area contributed by atoms with Crippen LogP contribution in [0.2, 0.25) is 0 Å². The first-order valence-electron chi connectivity index (χ1n) is 7.25. The zero-order valence-corrected chi connectivity index (χ0v) is 13.2. The van der Waals surface area contributed by atoms with Crippen molar-refractivity contribution in [3.63, 3.8) is 0 Å². The van der Waals surface area contributed by atoms with Gasteiger partial charge in [-0.25, -0.2) is 0 Å². The van der Waals surface area contributed by atoms with Crippen molar-refractivity contribution in [1.82, 2.24) is 5.32 Å². The van der Waals surface area contributed by atoms with E-state index in [2.05, 4.69) is 18.3 Å². The van der Waals surface area contributed by atoms with Crippen molar-refractivity contribution in [2.75, 3.05) is 7.11 Å². The van der Waals surface area contributed by atoms with E-state index in [4.69, 9.17) is 4.74 Å². The molecule has 3 heteroatoms. The van der Waals surface area contributed by atoms with Crippen molar-refractivity contribution in [2.24, 2.45) is 0 Å². The topological polar surface area (TPSA) is 38.3 Å². The lowest BCUT2D eigenvalue weighted by atomic mass is 10.1. The molecule has 0 bridgehead atoms. The smallest absolute Gasteiger partial charge is 0.244 e. The summed E-state index contributed by atoms with van der Waals surface area (Å²) in [6.07, 6.45) is 3.40. The van der Waals surface area contributed by atoms with Gasteiger partial charge in [0.1, 0.15) is 5.75 Å². The molecule has 3 nitrogen and oxygen atoms in total. The number of hydrogen-bond donors (Lipinski definition) is 1. The molecule has 0 aliphatic rings. The van der Waals surface area contributed by atoms with Crippen LogP contribution in [0.5, 0.6) is 5.75 Å². The summed E-state index contributed by atoms with van der Waals surface area (Å²) in [7, 11) is 1.63. The Kier molecular flexibility index (Phi) is 5.37. The molecule has 0 unspecified atom stereocenters. The van der Waals surface area contributed by atoms with Crippen LogP contribution in [0.25, 0.3) is 6.08 Å². The van der Waals surface area contributed by atoms with Crippen molar-refractivity contribution < 1.29 is 9.53 Å². The second kappa shape index (κ2) is 7.46. The molecule has 0 atom stereocenters. The number of methoxy groups -OCH3 is 1. The van der Waals surface area contributed by atoms with Crippen LogP contribution in [0.3, 0.4) is 0 Å². The van der Waals surface area contributed by atoms with Gasteiger partial charge in [-0.05, 0) is 37.1 Å². The summed E-state index contributed by atoms with van der Waals surface area (Å²) in [5.41, 5.74) is 4.39. The maximum absolute atomic E-state index is 11.9. The van der Waals surface area contributed by atoms with E-state index in [0.717, 1.165) is 22.4 Å². The zero-order chi connectivity index (χ0) is 15.9. The fourth-order valence-corrected chi connectivity index (χ4v) is 2.27. The van der Waals surface area contributed by atoms with Gasteiger partial charge in [-0.15, -0.1) is 0 Å². The van der Waals surface area contributed by atoms with E-state index in [0.29, 0.717) is 6.54 Å². The summed E-state index contributed by atoms with van der Waals surface area (Å²) in [5.74, 6) is 0.659. The number of carbonyl (C=O) groups is 1. The van der Waals surface area contributed by atoms with Crippen LogP contribution in [0.1, 0.15) is 22.3 Å². The molecule has 2 aromatic rings. The summed E-state index contributed by atoms with van der Waals surface area (Å²) in [6.45, 7) is 4.54. The minimum Gasteiger partial charge on any atom is -0.496 e. The summed E-state index contributed by atoms with van der Waals surface area (Å²) < 4.78 is 5.26. The molecule has 0 heterocycles. The molecule has 0 spiro atoms. The molecule has 0 aliphatic heterocycles. The third-order valence-corrected chi connectivity index (χ3v) is 3.49. The number of para-hydroxylation sites is 1. The molecule has 1 N–H and O–H groups in total. The lowest BCUT2D eigenvalue weighted by molar-refractivity contribution is -0.116. The number of amides is 1. The predicted octanol–water partition coefficient (Wildman–Crippen LogP) is 3.64. The maximum Gasteiger partial charge on any atom is 0.244 e. The monoisotopic (exact) mass is 295 g/mol. The van der Waals surface area contributed by atoms with Gasteiger partial charge in [0.05, 0.1) is 7.11 Å². The van der Waals surface area contributed by atoms with Crippen molar-refractivity contribution in [2.45, 2.75) is 20.4 Å². The molecule has 114 valence electrons. The summed E-state index contributed by atoms with van der Waals surface area (Å²) in [5, 5.41) is 2.87. The Morgan fingerprint density at radius 1 is 1.18 bits per heavy atom. The largest absolute Gasteiger partial charge is 0.496 e. The van der Waals surface area contributed by atoms with Crippen LogP contribution < -0.4 is 10.1 Å². The van der Waals surface area contributed by atoms with Gasteiger partial charge in [0.2, 0.25) is 5.91 Å². The van der Waals surface area contributed by atoms with E-state index in [1.807, 2.05) is 49.4 Å². The molecule has 0 saturated carbocycles. The molecule has 1 amide bonds. The van der Waals surface area contributed by atoms with E-state index in [-0.39, 0.29) is 5.91 Å². The molecular weight excluding hydrogens is 274 g/mol. The number of aryl methyl sites for hydroxylation is 2.